The van der Waals surface area contributed by atoms with Gasteiger partial charge in [0.1, 0.15) is 11.3 Å². The molecule has 3 atom stereocenters. The Morgan fingerprint density at radius 1 is 1.18 bits per heavy atom. The summed E-state index contributed by atoms with van der Waals surface area (Å²) in [5.41, 5.74) is 1.84. The van der Waals surface area contributed by atoms with Crippen molar-refractivity contribution in [1.82, 2.24) is 15.3 Å². The number of para-hydroxylation sites is 1. The van der Waals surface area contributed by atoms with E-state index in [1.54, 1.807) is 24.4 Å². The van der Waals surface area contributed by atoms with Crippen molar-refractivity contribution in [3.63, 3.8) is 0 Å². The first-order chi connectivity index (χ1) is 18.6. The van der Waals surface area contributed by atoms with E-state index in [2.05, 4.69) is 20.5 Å². The lowest BCUT2D eigenvalue weighted by atomic mass is 9.97. The van der Waals surface area contributed by atoms with E-state index in [4.69, 9.17) is 28.3 Å². The van der Waals surface area contributed by atoms with Crippen LogP contribution in [0, 0.1) is 0 Å². The largest absolute Gasteiger partial charge is 0.495 e. The van der Waals surface area contributed by atoms with Crippen LogP contribution in [0.5, 0.6) is 5.75 Å². The molecule has 0 unspecified atom stereocenters. The molecule has 13 heteroatoms. The molecule has 38 heavy (non-hydrogen) atoms. The Labute approximate surface area is 222 Å². The van der Waals surface area contributed by atoms with E-state index in [1.165, 1.54) is 25.6 Å². The van der Waals surface area contributed by atoms with Crippen molar-refractivity contribution in [3.8, 4) is 17.1 Å². The summed E-state index contributed by atoms with van der Waals surface area (Å²) >= 11 is 1.43. The molecule has 0 aliphatic carbocycles. The van der Waals surface area contributed by atoms with Crippen molar-refractivity contribution in [2.45, 2.75) is 31.0 Å². The van der Waals surface area contributed by atoms with Crippen molar-refractivity contribution in [2.24, 2.45) is 0 Å². The van der Waals surface area contributed by atoms with Gasteiger partial charge < -0.3 is 33.6 Å². The zero-order valence-corrected chi connectivity index (χ0v) is 21.7. The fourth-order valence-corrected chi connectivity index (χ4v) is 6.20. The second kappa shape index (κ2) is 10.2. The minimum absolute atomic E-state index is 0.0128. The van der Waals surface area contributed by atoms with Gasteiger partial charge >= 0.3 is 12.0 Å². The standard InChI is InChI=1S/C25H27N5O7S/c1-33-20-15(4-3-5-16(20)22(31)34-2)19-9-26-25(37-19)30-14-8-17-21(18(30)12-36-11-14)38-24(28-17)29-23(32)27-13-6-7-35-10-13/h3-5,9,13-14,18H,6-8,10-12H2,1-2H3,(H2,27,28,29,32)/t13-,14+,18+/m1/s1. The lowest BCUT2D eigenvalue weighted by Gasteiger charge is -2.43. The molecule has 2 bridgehead atoms. The lowest BCUT2D eigenvalue weighted by molar-refractivity contribution is 0.0578. The summed E-state index contributed by atoms with van der Waals surface area (Å²) in [6, 6.07) is 5.15. The Morgan fingerprint density at radius 2 is 2.08 bits per heavy atom. The van der Waals surface area contributed by atoms with Crippen LogP contribution in [-0.4, -0.2) is 74.7 Å². The van der Waals surface area contributed by atoms with Gasteiger partial charge in [-0.2, -0.15) is 0 Å². The zero-order valence-electron chi connectivity index (χ0n) is 20.9. The number of esters is 1. The second-order valence-electron chi connectivity index (χ2n) is 9.19. The van der Waals surface area contributed by atoms with Gasteiger partial charge in [-0.05, 0) is 18.6 Å². The Morgan fingerprint density at radius 3 is 2.87 bits per heavy atom. The minimum Gasteiger partial charge on any atom is -0.495 e. The number of carbonyl (C=O) groups excluding carboxylic acids is 2. The highest BCUT2D eigenvalue weighted by Gasteiger charge is 2.43. The van der Waals surface area contributed by atoms with Gasteiger partial charge in [-0.1, -0.05) is 17.4 Å². The summed E-state index contributed by atoms with van der Waals surface area (Å²) in [5.74, 6) is 0.317. The van der Waals surface area contributed by atoms with Crippen molar-refractivity contribution in [2.75, 3.05) is 50.9 Å². The van der Waals surface area contributed by atoms with Crippen molar-refractivity contribution in [1.29, 1.82) is 0 Å². The van der Waals surface area contributed by atoms with Gasteiger partial charge in [0.2, 0.25) is 0 Å². The highest BCUT2D eigenvalue weighted by Crippen LogP contribution is 2.44. The smallest absolute Gasteiger partial charge is 0.341 e. The number of carbonyl (C=O) groups is 2. The predicted octanol–water partition coefficient (Wildman–Crippen LogP) is 3.01. The van der Waals surface area contributed by atoms with E-state index in [0.717, 1.165) is 17.0 Å². The molecular weight excluding hydrogens is 514 g/mol. The molecule has 0 spiro atoms. The van der Waals surface area contributed by atoms with Crippen molar-refractivity contribution >= 4 is 34.5 Å². The van der Waals surface area contributed by atoms with Crippen LogP contribution in [0.1, 0.15) is 33.4 Å². The molecule has 1 aromatic carbocycles. The fraction of sp³-hybridized carbons (Fsp3) is 0.440. The van der Waals surface area contributed by atoms with Crippen LogP contribution < -0.4 is 20.3 Å². The van der Waals surface area contributed by atoms with Crippen LogP contribution in [0.2, 0.25) is 0 Å². The van der Waals surface area contributed by atoms with Crippen molar-refractivity contribution < 1.29 is 33.0 Å². The first-order valence-corrected chi connectivity index (χ1v) is 13.1. The summed E-state index contributed by atoms with van der Waals surface area (Å²) < 4.78 is 27.9. The van der Waals surface area contributed by atoms with Crippen LogP contribution in [0.15, 0.2) is 28.8 Å². The number of morpholine rings is 1. The number of nitrogens with zero attached hydrogens (tertiary/aromatic N) is 3. The van der Waals surface area contributed by atoms with Crippen LogP contribution in [-0.2, 0) is 20.6 Å². The number of methoxy groups -OCH3 is 2. The Kier molecular flexibility index (Phi) is 6.64. The normalized spacial score (nSPS) is 22.1. The highest BCUT2D eigenvalue weighted by atomic mass is 32.1. The van der Waals surface area contributed by atoms with Gasteiger partial charge in [0.15, 0.2) is 10.9 Å². The fourth-order valence-electron chi connectivity index (χ4n) is 5.12. The molecule has 2 fully saturated rings. The average Bonchev–Trinajstić information content (AvgIpc) is 3.69. The summed E-state index contributed by atoms with van der Waals surface area (Å²) in [6.07, 6.45) is 3.05. The number of thiazole rings is 1. The summed E-state index contributed by atoms with van der Waals surface area (Å²) in [5, 5.41) is 6.33. The zero-order chi connectivity index (χ0) is 26.2. The van der Waals surface area contributed by atoms with Crippen molar-refractivity contribution in [3.05, 3.63) is 40.5 Å². The van der Waals surface area contributed by atoms with Gasteiger partial charge in [0, 0.05) is 13.0 Å². The number of urea groups is 1. The molecule has 2 amide bonds. The van der Waals surface area contributed by atoms with E-state index in [9.17, 15) is 9.59 Å². The van der Waals surface area contributed by atoms with Crippen LogP contribution in [0.4, 0.5) is 15.9 Å². The number of nitrogens with one attached hydrogen (secondary N) is 2. The number of ether oxygens (including phenoxy) is 4. The molecule has 0 saturated carbocycles. The molecular formula is C25H27N5O7S. The van der Waals surface area contributed by atoms with Gasteiger partial charge in [-0.15, -0.1) is 0 Å². The van der Waals surface area contributed by atoms with Gasteiger partial charge in [0.05, 0.1) is 74.5 Å². The first kappa shape index (κ1) is 24.6. The molecule has 2 saturated heterocycles. The second-order valence-corrected chi connectivity index (χ2v) is 10.2. The molecule has 2 N–H and O–H groups in total. The van der Waals surface area contributed by atoms with E-state index >= 15 is 0 Å². The van der Waals surface area contributed by atoms with Crippen LogP contribution >= 0.6 is 11.3 Å². The van der Waals surface area contributed by atoms with Gasteiger partial charge in [-0.3, -0.25) is 5.32 Å². The lowest BCUT2D eigenvalue weighted by Crippen LogP contribution is -2.51. The molecule has 0 radical (unpaired) electrons. The number of hydrogen-bond donors (Lipinski definition) is 2. The number of fused-ring (bicyclic) bond motifs is 4. The van der Waals surface area contributed by atoms with E-state index < -0.39 is 5.97 Å². The Balaban J connectivity index is 1.25. The third-order valence-electron chi connectivity index (χ3n) is 6.86. The monoisotopic (exact) mass is 541 g/mol. The number of hydrogen-bond acceptors (Lipinski definition) is 11. The third-order valence-corrected chi connectivity index (χ3v) is 7.98. The number of oxazole rings is 1. The molecule has 6 rings (SSSR count). The number of benzene rings is 1. The maximum atomic E-state index is 12.5. The quantitative estimate of drug-likeness (QED) is 0.448. The Bertz CT molecular complexity index is 1350. The molecule has 3 aliphatic rings. The topological polar surface area (TPSA) is 137 Å². The average molecular weight is 542 g/mol. The number of anilines is 2. The maximum absolute atomic E-state index is 12.5. The number of rotatable bonds is 6. The van der Waals surface area contributed by atoms with E-state index in [-0.39, 0.29) is 24.2 Å². The van der Waals surface area contributed by atoms with Gasteiger partial charge in [0.25, 0.3) is 6.01 Å². The predicted molar refractivity (Wildman–Crippen MR) is 137 cm³/mol. The highest BCUT2D eigenvalue weighted by molar-refractivity contribution is 7.16. The van der Waals surface area contributed by atoms with E-state index in [1.807, 2.05) is 0 Å². The molecule has 12 nitrogen and oxygen atoms in total. The molecule has 200 valence electrons. The summed E-state index contributed by atoms with van der Waals surface area (Å²) in [7, 11) is 2.82. The molecule has 5 heterocycles. The number of amides is 2. The SMILES string of the molecule is COC(=O)c1cccc(-c2cnc(N3[C@@H]4COC[C@H]3c3sc(NC(=O)N[C@@H]5CCOC5)nc3C4)o2)c1OC. The molecule has 2 aromatic heterocycles. The number of aromatic nitrogens is 2. The summed E-state index contributed by atoms with van der Waals surface area (Å²) in [4.78, 5) is 37.1. The third kappa shape index (κ3) is 4.46. The van der Waals surface area contributed by atoms with Gasteiger partial charge in [-0.25, -0.2) is 19.6 Å². The van der Waals surface area contributed by atoms with Crippen LogP contribution in [0.25, 0.3) is 11.3 Å². The maximum Gasteiger partial charge on any atom is 0.341 e. The van der Waals surface area contributed by atoms with Crippen LogP contribution in [0.3, 0.4) is 0 Å². The van der Waals surface area contributed by atoms with E-state index in [0.29, 0.717) is 66.6 Å². The Hall–Kier alpha value is -3.68. The summed E-state index contributed by atoms with van der Waals surface area (Å²) in [6.45, 7) is 2.11. The minimum atomic E-state index is -0.501. The molecule has 3 aliphatic heterocycles. The first-order valence-electron chi connectivity index (χ1n) is 12.3. The molecule has 3 aromatic rings.